The van der Waals surface area contributed by atoms with Crippen LogP contribution >= 0.6 is 0 Å². The fraction of sp³-hybridized carbons (Fsp3) is 0.480. The molecular weight excluding hydrogens is 539 g/mol. The highest BCUT2D eigenvalue weighted by Gasteiger charge is 2.70. The van der Waals surface area contributed by atoms with E-state index in [-0.39, 0.29) is 17.3 Å². The van der Waals surface area contributed by atoms with Crippen LogP contribution in [0.3, 0.4) is 0 Å². The zero-order valence-electron chi connectivity index (χ0n) is 20.7. The summed E-state index contributed by atoms with van der Waals surface area (Å²) in [5, 5.41) is 10.5. The molecule has 206 valence electrons. The molecule has 1 aromatic heterocycles. The van der Waals surface area contributed by atoms with Gasteiger partial charge in [0.05, 0.1) is 23.3 Å². The van der Waals surface area contributed by atoms with Crippen molar-refractivity contribution in [2.24, 2.45) is 5.41 Å². The maximum atomic E-state index is 13.8. The molecule has 1 saturated heterocycles. The molecule has 1 aliphatic heterocycles. The molecule has 10 nitrogen and oxygen atoms in total. The highest BCUT2D eigenvalue weighted by molar-refractivity contribution is 7.92. The quantitative estimate of drug-likeness (QED) is 0.541. The molecule has 1 aromatic carbocycles. The van der Waals surface area contributed by atoms with Gasteiger partial charge in [0.2, 0.25) is 11.8 Å². The number of likely N-dealkylation sites (tertiary alicyclic amines) is 1. The number of nitriles is 1. The van der Waals surface area contributed by atoms with Crippen molar-refractivity contribution in [3.8, 4) is 23.2 Å². The minimum Gasteiger partial charge on any atom is -0.467 e. The normalized spacial score (nSPS) is 23.0. The maximum absolute atomic E-state index is 13.8. The second-order valence-corrected chi connectivity index (χ2v) is 12.3. The van der Waals surface area contributed by atoms with Crippen LogP contribution in [0.15, 0.2) is 41.6 Å². The van der Waals surface area contributed by atoms with Gasteiger partial charge in [0, 0.05) is 24.5 Å². The van der Waals surface area contributed by atoms with Crippen LogP contribution in [0.4, 0.5) is 13.2 Å². The Labute approximate surface area is 222 Å². The van der Waals surface area contributed by atoms with E-state index in [1.807, 2.05) is 6.07 Å². The standard InChI is InChI=1S/C25H24F3N5O5S/c1-38-22-30-11-16(12-31-22)15-2-4-17(5-3-15)39(36,37)18-10-19(20(34)32-23(14-29)6-7-23)33(13-18)21(35)24(8-9-24)25(26,27)28/h2-5,11-12,18-19H,6-10,13H2,1H3,(H,32,34)/t18-,19+/m1/s1. The van der Waals surface area contributed by atoms with Gasteiger partial charge in [0.25, 0.3) is 0 Å². The lowest BCUT2D eigenvalue weighted by Crippen LogP contribution is -2.53. The van der Waals surface area contributed by atoms with Gasteiger partial charge in [-0.3, -0.25) is 9.59 Å². The Kier molecular flexibility index (Phi) is 6.32. The number of ether oxygens (including phenoxy) is 1. The van der Waals surface area contributed by atoms with Gasteiger partial charge in [-0.1, -0.05) is 12.1 Å². The summed E-state index contributed by atoms with van der Waals surface area (Å²) in [5.74, 6) is -2.13. The molecular formula is C25H24F3N5O5S. The lowest BCUT2D eigenvalue weighted by molar-refractivity contribution is -0.199. The minimum atomic E-state index is -4.83. The summed E-state index contributed by atoms with van der Waals surface area (Å²) in [6, 6.07) is 6.45. The van der Waals surface area contributed by atoms with Crippen LogP contribution in [0.5, 0.6) is 6.01 Å². The van der Waals surface area contributed by atoms with Crippen molar-refractivity contribution in [2.75, 3.05) is 13.7 Å². The molecule has 0 radical (unpaired) electrons. The highest BCUT2D eigenvalue weighted by Crippen LogP contribution is 2.59. The fourth-order valence-electron chi connectivity index (χ4n) is 4.82. The van der Waals surface area contributed by atoms with E-state index in [4.69, 9.17) is 4.74 Å². The van der Waals surface area contributed by atoms with Crippen molar-refractivity contribution in [3.05, 3.63) is 36.7 Å². The van der Waals surface area contributed by atoms with Crippen LogP contribution in [-0.2, 0) is 19.4 Å². The first-order valence-corrected chi connectivity index (χ1v) is 13.7. The van der Waals surface area contributed by atoms with Gasteiger partial charge in [0.15, 0.2) is 9.84 Å². The molecule has 39 heavy (non-hydrogen) atoms. The molecule has 14 heteroatoms. The topological polar surface area (TPSA) is 142 Å². The number of hydrogen-bond acceptors (Lipinski definition) is 8. The molecule has 5 rings (SSSR count). The number of alkyl halides is 3. The van der Waals surface area contributed by atoms with E-state index < -0.39 is 69.5 Å². The van der Waals surface area contributed by atoms with E-state index >= 15 is 0 Å². The van der Waals surface area contributed by atoms with E-state index in [9.17, 15) is 36.4 Å². The first-order chi connectivity index (χ1) is 18.4. The molecule has 0 bridgehead atoms. The Morgan fingerprint density at radius 2 is 1.72 bits per heavy atom. The van der Waals surface area contributed by atoms with Crippen molar-refractivity contribution in [2.45, 2.75) is 60.0 Å². The summed E-state index contributed by atoms with van der Waals surface area (Å²) in [7, 11) is -2.73. The molecule has 2 saturated carbocycles. The van der Waals surface area contributed by atoms with E-state index in [2.05, 4.69) is 15.3 Å². The average molecular weight is 564 g/mol. The van der Waals surface area contributed by atoms with Crippen LogP contribution in [0, 0.1) is 16.7 Å². The molecule has 2 atom stereocenters. The SMILES string of the molecule is COc1ncc(-c2ccc(S(=O)(=O)[C@@H]3C[C@@H](C(=O)NC4(C#N)CC4)N(C(=O)C4(C(F)(F)F)CC4)C3)cc2)cn1. The Morgan fingerprint density at radius 3 is 2.21 bits per heavy atom. The summed E-state index contributed by atoms with van der Waals surface area (Å²) in [6.07, 6.45) is -2.31. The predicted octanol–water partition coefficient (Wildman–Crippen LogP) is 2.41. The van der Waals surface area contributed by atoms with E-state index in [0.29, 0.717) is 24.0 Å². The summed E-state index contributed by atoms with van der Waals surface area (Å²) >= 11 is 0. The Balaban J connectivity index is 1.41. The minimum absolute atomic E-state index is 0.105. The number of methoxy groups -OCH3 is 1. The van der Waals surface area contributed by atoms with Gasteiger partial charge in [-0.25, -0.2) is 18.4 Å². The number of carbonyl (C=O) groups excluding carboxylic acids is 2. The third-order valence-electron chi connectivity index (χ3n) is 7.62. The number of nitrogens with zero attached hydrogens (tertiary/aromatic N) is 4. The summed E-state index contributed by atoms with van der Waals surface area (Å²) < 4.78 is 73.2. The number of nitrogens with one attached hydrogen (secondary N) is 1. The molecule has 2 aliphatic carbocycles. The lowest BCUT2D eigenvalue weighted by Gasteiger charge is -2.29. The molecule has 2 heterocycles. The summed E-state index contributed by atoms with van der Waals surface area (Å²) in [4.78, 5) is 34.9. The van der Waals surface area contributed by atoms with Crippen molar-refractivity contribution in [1.82, 2.24) is 20.2 Å². The summed E-state index contributed by atoms with van der Waals surface area (Å²) in [6.45, 7) is -0.565. The fourth-order valence-corrected chi connectivity index (χ4v) is 6.52. The van der Waals surface area contributed by atoms with E-state index in [1.165, 1.54) is 43.8 Å². The highest BCUT2D eigenvalue weighted by atomic mass is 32.2. The Bertz CT molecular complexity index is 1450. The number of hydrogen-bond donors (Lipinski definition) is 1. The molecule has 3 fully saturated rings. The van der Waals surface area contributed by atoms with Crippen molar-refractivity contribution in [1.29, 1.82) is 5.26 Å². The first kappa shape index (κ1) is 26.9. The average Bonchev–Trinajstić information content (AvgIpc) is 3.84. The maximum Gasteiger partial charge on any atom is 0.403 e. The third kappa shape index (κ3) is 4.69. The van der Waals surface area contributed by atoms with Crippen molar-refractivity contribution >= 4 is 21.7 Å². The summed E-state index contributed by atoms with van der Waals surface area (Å²) in [5.41, 5.74) is -2.53. The van der Waals surface area contributed by atoms with E-state index in [0.717, 1.165) is 4.90 Å². The smallest absolute Gasteiger partial charge is 0.403 e. The molecule has 0 unspecified atom stereocenters. The van der Waals surface area contributed by atoms with Gasteiger partial charge in [-0.2, -0.15) is 18.4 Å². The molecule has 3 aliphatic rings. The second kappa shape index (κ2) is 9.18. The van der Waals surface area contributed by atoms with E-state index in [1.54, 1.807) is 0 Å². The van der Waals surface area contributed by atoms with Crippen molar-refractivity contribution in [3.63, 3.8) is 0 Å². The predicted molar refractivity (Wildman–Crippen MR) is 129 cm³/mol. The third-order valence-corrected chi connectivity index (χ3v) is 9.77. The van der Waals surface area contributed by atoms with Crippen LogP contribution in [0.2, 0.25) is 0 Å². The molecule has 2 aromatic rings. The van der Waals surface area contributed by atoms with Gasteiger partial charge in [-0.05, 0) is 49.8 Å². The molecule has 2 amide bonds. The number of halogens is 3. The van der Waals surface area contributed by atoms with Crippen molar-refractivity contribution < 1.29 is 35.9 Å². The van der Waals surface area contributed by atoms with Crippen LogP contribution in [0.25, 0.3) is 11.1 Å². The zero-order chi connectivity index (χ0) is 28.2. The number of rotatable bonds is 7. The number of aromatic nitrogens is 2. The van der Waals surface area contributed by atoms with Crippen LogP contribution < -0.4 is 10.1 Å². The van der Waals surface area contributed by atoms with Gasteiger partial charge in [0.1, 0.15) is 17.0 Å². The van der Waals surface area contributed by atoms with Gasteiger partial charge >= 0.3 is 12.2 Å². The second-order valence-electron chi connectivity index (χ2n) is 10.1. The number of carbonyl (C=O) groups is 2. The Morgan fingerprint density at radius 1 is 1.10 bits per heavy atom. The number of benzene rings is 1. The largest absolute Gasteiger partial charge is 0.467 e. The molecule has 1 N–H and O–H groups in total. The number of amides is 2. The first-order valence-electron chi connectivity index (χ1n) is 12.2. The monoisotopic (exact) mass is 563 g/mol. The van der Waals surface area contributed by atoms with Crippen LogP contribution in [0.1, 0.15) is 32.1 Å². The molecule has 0 spiro atoms. The van der Waals surface area contributed by atoms with Crippen LogP contribution in [-0.4, -0.2) is 71.8 Å². The zero-order valence-corrected chi connectivity index (χ0v) is 21.6. The Hall–Kier alpha value is -3.73. The lowest BCUT2D eigenvalue weighted by atomic mass is 10.0. The van der Waals surface area contributed by atoms with Gasteiger partial charge < -0.3 is 15.0 Å². The number of sulfone groups is 1. The van der Waals surface area contributed by atoms with Gasteiger partial charge in [-0.15, -0.1) is 0 Å².